The Balaban J connectivity index is 1.61. The molecule has 0 spiro atoms. The predicted molar refractivity (Wildman–Crippen MR) is 88.7 cm³/mol. The van der Waals surface area contributed by atoms with E-state index < -0.39 is 0 Å². The number of nitrogens with zero attached hydrogens (tertiary/aromatic N) is 2. The Morgan fingerprint density at radius 1 is 1.18 bits per heavy atom. The molecular formula is C17H21BrN2O2. The molecule has 118 valence electrons. The molecule has 0 radical (unpaired) electrons. The Morgan fingerprint density at radius 3 is 2.59 bits per heavy atom. The zero-order valence-corrected chi connectivity index (χ0v) is 14.4. The van der Waals surface area contributed by atoms with Gasteiger partial charge in [0.15, 0.2) is 0 Å². The van der Waals surface area contributed by atoms with Gasteiger partial charge in [0.25, 0.3) is 0 Å². The van der Waals surface area contributed by atoms with Crippen LogP contribution in [0.2, 0.25) is 0 Å². The average molecular weight is 365 g/mol. The van der Waals surface area contributed by atoms with Gasteiger partial charge in [0.05, 0.1) is 6.10 Å². The third kappa shape index (κ3) is 3.76. The highest BCUT2D eigenvalue weighted by atomic mass is 79.9. The third-order valence-electron chi connectivity index (χ3n) is 4.13. The molecule has 0 N–H and O–H groups in total. The fourth-order valence-electron chi connectivity index (χ4n) is 2.88. The summed E-state index contributed by atoms with van der Waals surface area (Å²) in [6.45, 7) is 3.01. The lowest BCUT2D eigenvalue weighted by Gasteiger charge is -2.26. The second kappa shape index (κ2) is 7.38. The second-order valence-electron chi connectivity index (χ2n) is 5.81. The van der Waals surface area contributed by atoms with Crippen molar-refractivity contribution in [3.63, 3.8) is 0 Å². The van der Waals surface area contributed by atoms with Crippen LogP contribution in [-0.2, 0) is 4.74 Å². The minimum Gasteiger partial charge on any atom is -0.378 e. The van der Waals surface area contributed by atoms with E-state index in [1.807, 2.05) is 24.3 Å². The molecular weight excluding hydrogens is 344 g/mol. The monoisotopic (exact) mass is 364 g/mol. The molecule has 1 heterocycles. The molecule has 0 aliphatic heterocycles. The summed E-state index contributed by atoms with van der Waals surface area (Å²) in [7, 11) is 0. The van der Waals surface area contributed by atoms with Gasteiger partial charge in [0, 0.05) is 22.6 Å². The quantitative estimate of drug-likeness (QED) is 0.752. The van der Waals surface area contributed by atoms with Crippen LogP contribution in [0.15, 0.2) is 33.3 Å². The first-order valence-corrected chi connectivity index (χ1v) is 8.76. The van der Waals surface area contributed by atoms with E-state index in [9.17, 15) is 0 Å². The van der Waals surface area contributed by atoms with Crippen molar-refractivity contribution < 1.29 is 9.26 Å². The van der Waals surface area contributed by atoms with E-state index in [-0.39, 0.29) is 0 Å². The molecule has 1 aliphatic carbocycles. The molecule has 0 unspecified atom stereocenters. The first-order chi connectivity index (χ1) is 10.8. The Labute approximate surface area is 139 Å². The summed E-state index contributed by atoms with van der Waals surface area (Å²) in [6.07, 6.45) is 5.79. The van der Waals surface area contributed by atoms with Crippen LogP contribution in [0.5, 0.6) is 0 Å². The molecule has 22 heavy (non-hydrogen) atoms. The van der Waals surface area contributed by atoms with Crippen LogP contribution in [0.4, 0.5) is 0 Å². The van der Waals surface area contributed by atoms with Crippen LogP contribution in [0.1, 0.15) is 50.8 Å². The molecule has 0 amide bonds. The smallest absolute Gasteiger partial charge is 0.230 e. The molecule has 0 atom stereocenters. The molecule has 3 rings (SSSR count). The molecule has 5 heteroatoms. The van der Waals surface area contributed by atoms with Crippen LogP contribution < -0.4 is 0 Å². The van der Waals surface area contributed by atoms with Gasteiger partial charge in [-0.05, 0) is 56.4 Å². The summed E-state index contributed by atoms with van der Waals surface area (Å²) in [6, 6.07) is 7.96. The lowest BCUT2D eigenvalue weighted by molar-refractivity contribution is 0.0230. The van der Waals surface area contributed by atoms with Gasteiger partial charge in [0.1, 0.15) is 0 Å². The van der Waals surface area contributed by atoms with Crippen molar-refractivity contribution in [2.75, 3.05) is 6.61 Å². The first-order valence-electron chi connectivity index (χ1n) is 7.97. The van der Waals surface area contributed by atoms with Gasteiger partial charge in [-0.2, -0.15) is 4.98 Å². The summed E-state index contributed by atoms with van der Waals surface area (Å²) in [5.41, 5.74) is 0.984. The summed E-state index contributed by atoms with van der Waals surface area (Å²) < 4.78 is 12.4. The number of hydrogen-bond acceptors (Lipinski definition) is 4. The Hall–Kier alpha value is -1.20. The van der Waals surface area contributed by atoms with E-state index in [0.29, 0.717) is 17.8 Å². The summed E-state index contributed by atoms with van der Waals surface area (Å²) >= 11 is 3.43. The maximum atomic E-state index is 5.83. The fraction of sp³-hybridized carbons (Fsp3) is 0.529. The predicted octanol–water partition coefficient (Wildman–Crippen LogP) is 4.95. The van der Waals surface area contributed by atoms with Gasteiger partial charge in [-0.25, -0.2) is 0 Å². The third-order valence-corrected chi connectivity index (χ3v) is 4.65. The van der Waals surface area contributed by atoms with Crippen molar-refractivity contribution in [3.05, 3.63) is 34.6 Å². The van der Waals surface area contributed by atoms with Crippen LogP contribution in [-0.4, -0.2) is 22.9 Å². The Bertz CT molecular complexity index is 589. The second-order valence-corrected chi connectivity index (χ2v) is 6.72. The van der Waals surface area contributed by atoms with E-state index in [1.54, 1.807) is 0 Å². The maximum absolute atomic E-state index is 5.83. The number of hydrogen-bond donors (Lipinski definition) is 0. The van der Waals surface area contributed by atoms with Crippen molar-refractivity contribution in [1.29, 1.82) is 0 Å². The van der Waals surface area contributed by atoms with Gasteiger partial charge < -0.3 is 9.26 Å². The number of rotatable bonds is 5. The highest BCUT2D eigenvalue weighted by Gasteiger charge is 2.26. The molecule has 0 saturated heterocycles. The minimum atomic E-state index is 0.373. The molecule has 1 fully saturated rings. The van der Waals surface area contributed by atoms with Crippen LogP contribution in [0.25, 0.3) is 11.4 Å². The molecule has 1 saturated carbocycles. The van der Waals surface area contributed by atoms with Crippen LogP contribution in [0, 0.1) is 0 Å². The summed E-state index contributed by atoms with van der Waals surface area (Å²) in [5, 5.41) is 4.13. The largest absolute Gasteiger partial charge is 0.378 e. The number of ether oxygens (including phenoxy) is 1. The molecule has 2 aromatic rings. The van der Waals surface area contributed by atoms with Crippen molar-refractivity contribution in [2.45, 2.75) is 51.0 Å². The van der Waals surface area contributed by atoms with E-state index in [2.05, 4.69) is 33.0 Å². The molecule has 1 aromatic heterocycles. The van der Waals surface area contributed by atoms with Gasteiger partial charge in [0.2, 0.25) is 11.7 Å². The normalized spacial score (nSPS) is 21.9. The number of benzene rings is 1. The molecule has 4 nitrogen and oxygen atoms in total. The Kier molecular flexibility index (Phi) is 5.26. The number of aromatic nitrogens is 2. The zero-order valence-electron chi connectivity index (χ0n) is 12.8. The molecule has 1 aromatic carbocycles. The summed E-state index contributed by atoms with van der Waals surface area (Å²) in [4.78, 5) is 4.59. The highest BCUT2D eigenvalue weighted by Crippen LogP contribution is 2.34. The van der Waals surface area contributed by atoms with Crippen molar-refractivity contribution >= 4 is 15.9 Å². The van der Waals surface area contributed by atoms with Crippen molar-refractivity contribution in [2.24, 2.45) is 0 Å². The maximum Gasteiger partial charge on any atom is 0.230 e. The fourth-order valence-corrected chi connectivity index (χ4v) is 3.14. The lowest BCUT2D eigenvalue weighted by atomic mass is 9.87. The standard InChI is InChI=1S/C17H21BrN2O2/c1-2-11-21-15-9-5-13(6-10-15)17-19-16(20-22-17)12-3-7-14(18)8-4-12/h3-4,7-8,13,15H,2,5-6,9-11H2,1H3. The topological polar surface area (TPSA) is 48.2 Å². The van der Waals surface area contributed by atoms with Gasteiger partial charge >= 0.3 is 0 Å². The minimum absolute atomic E-state index is 0.373. The van der Waals surface area contributed by atoms with E-state index in [4.69, 9.17) is 9.26 Å². The van der Waals surface area contributed by atoms with Crippen LogP contribution >= 0.6 is 15.9 Å². The van der Waals surface area contributed by atoms with Gasteiger partial charge in [-0.1, -0.05) is 28.0 Å². The van der Waals surface area contributed by atoms with E-state index >= 15 is 0 Å². The lowest BCUT2D eigenvalue weighted by Crippen LogP contribution is -2.21. The van der Waals surface area contributed by atoms with Gasteiger partial charge in [-0.15, -0.1) is 0 Å². The molecule has 1 aliphatic rings. The van der Waals surface area contributed by atoms with Crippen molar-refractivity contribution in [3.8, 4) is 11.4 Å². The zero-order chi connectivity index (χ0) is 15.4. The molecule has 0 bridgehead atoms. The van der Waals surface area contributed by atoms with E-state index in [0.717, 1.165) is 54.6 Å². The SMILES string of the molecule is CCCOC1CCC(c2nc(-c3ccc(Br)cc3)no2)CC1. The number of halogens is 1. The highest BCUT2D eigenvalue weighted by molar-refractivity contribution is 9.10. The van der Waals surface area contributed by atoms with Gasteiger partial charge in [-0.3, -0.25) is 0 Å². The Morgan fingerprint density at radius 2 is 1.91 bits per heavy atom. The van der Waals surface area contributed by atoms with Crippen LogP contribution in [0.3, 0.4) is 0 Å². The summed E-state index contributed by atoms with van der Waals surface area (Å²) in [5.74, 6) is 1.82. The first kappa shape index (κ1) is 15.7. The van der Waals surface area contributed by atoms with Crippen molar-refractivity contribution in [1.82, 2.24) is 10.1 Å². The van der Waals surface area contributed by atoms with E-state index in [1.165, 1.54) is 0 Å². The average Bonchev–Trinajstić information content (AvgIpc) is 3.04.